The first kappa shape index (κ1) is 26.5. The number of aromatic hydroxyl groups is 1. The highest BCUT2D eigenvalue weighted by molar-refractivity contribution is 6.34. The number of amides is 2. The minimum Gasteiger partial charge on any atom is -0.501 e. The molecule has 3 aliphatic rings. The molecule has 10 nitrogen and oxygen atoms in total. The number of carbonyl (C=O) groups excluding carboxylic acids is 3. The minimum atomic E-state index is -1.26. The van der Waals surface area contributed by atoms with Crippen LogP contribution in [0, 0.1) is 5.82 Å². The number of ether oxygens (including phenoxy) is 1. The summed E-state index contributed by atoms with van der Waals surface area (Å²) in [4.78, 5) is 59.6. The van der Waals surface area contributed by atoms with Crippen molar-refractivity contribution in [2.24, 2.45) is 0 Å². The Morgan fingerprint density at radius 3 is 2.51 bits per heavy atom. The maximum Gasteiger partial charge on any atom is 0.312 e. The summed E-state index contributed by atoms with van der Waals surface area (Å²) in [5, 5.41) is 10.7. The average molecular weight is 515 g/mol. The fourth-order valence-corrected chi connectivity index (χ4v) is 5.00. The lowest BCUT2D eigenvalue weighted by Gasteiger charge is -2.44. The number of rotatable bonds is 7. The van der Waals surface area contributed by atoms with Gasteiger partial charge in [-0.2, -0.15) is 0 Å². The third-order valence-corrected chi connectivity index (χ3v) is 7.00. The number of carbonyl (C=O) groups is 3. The van der Waals surface area contributed by atoms with Crippen LogP contribution in [-0.2, 0) is 32.8 Å². The Kier molecular flexibility index (Phi) is 7.44. The Hall–Kier alpha value is -3.60. The third kappa shape index (κ3) is 4.87. The second kappa shape index (κ2) is 10.4. The molecule has 37 heavy (non-hydrogen) atoms. The quantitative estimate of drug-likeness (QED) is 0.440. The van der Waals surface area contributed by atoms with Gasteiger partial charge in [0.2, 0.25) is 5.75 Å². The lowest BCUT2D eigenvalue weighted by atomic mass is 9.87. The molecular formula is C26H31FN4O6. The molecule has 1 aromatic heterocycles. The van der Waals surface area contributed by atoms with Gasteiger partial charge in [-0.3, -0.25) is 23.7 Å². The first-order valence-electron chi connectivity index (χ1n) is 12.4. The van der Waals surface area contributed by atoms with E-state index in [2.05, 4.69) is 4.98 Å². The molecule has 1 aromatic carbocycles. The predicted octanol–water partition coefficient (Wildman–Crippen LogP) is 1.62. The van der Waals surface area contributed by atoms with Gasteiger partial charge in [0.1, 0.15) is 17.2 Å². The Morgan fingerprint density at radius 1 is 1.22 bits per heavy atom. The van der Waals surface area contributed by atoms with Gasteiger partial charge in [-0.05, 0) is 43.4 Å². The molecule has 0 spiro atoms. The fourth-order valence-electron chi connectivity index (χ4n) is 5.00. The second-order valence-corrected chi connectivity index (χ2v) is 9.76. The van der Waals surface area contributed by atoms with Gasteiger partial charge in [-0.25, -0.2) is 9.37 Å². The van der Waals surface area contributed by atoms with Gasteiger partial charge in [0, 0.05) is 27.1 Å². The van der Waals surface area contributed by atoms with Crippen LogP contribution in [0.3, 0.4) is 0 Å². The molecule has 11 heteroatoms. The van der Waals surface area contributed by atoms with Crippen molar-refractivity contribution in [3.63, 3.8) is 0 Å². The summed E-state index contributed by atoms with van der Waals surface area (Å²) in [6.45, 7) is 2.18. The first-order valence-corrected chi connectivity index (χ1v) is 12.4. The van der Waals surface area contributed by atoms with Crippen molar-refractivity contribution in [3.05, 3.63) is 57.5 Å². The van der Waals surface area contributed by atoms with Gasteiger partial charge in [0.05, 0.1) is 19.3 Å². The van der Waals surface area contributed by atoms with Crippen molar-refractivity contribution < 1.29 is 28.6 Å². The zero-order valence-electron chi connectivity index (χ0n) is 21.2. The maximum atomic E-state index is 13.4. The maximum absolute atomic E-state index is 13.4. The van der Waals surface area contributed by atoms with Gasteiger partial charge in [0.25, 0.3) is 5.56 Å². The molecule has 2 unspecified atom stereocenters. The van der Waals surface area contributed by atoms with Crippen LogP contribution in [0.2, 0.25) is 0 Å². The summed E-state index contributed by atoms with van der Waals surface area (Å²) in [5.41, 5.74) is -1.72. The van der Waals surface area contributed by atoms with Gasteiger partial charge in [-0.15, -0.1) is 0 Å². The van der Waals surface area contributed by atoms with Crippen molar-refractivity contribution >= 4 is 17.6 Å². The zero-order valence-corrected chi connectivity index (χ0v) is 21.2. The van der Waals surface area contributed by atoms with Crippen LogP contribution in [0.15, 0.2) is 29.1 Å². The SMILES string of the molecule is CCCN(C(=O)C(=O)N(C)C)C12CCC(Cn3c1nc(C(=O)CCc1ccc(F)cc1)c(O)c3=O)OC2. The topological polar surface area (TPSA) is 122 Å². The van der Waals surface area contributed by atoms with Crippen molar-refractivity contribution in [1.82, 2.24) is 19.4 Å². The molecule has 2 amide bonds. The van der Waals surface area contributed by atoms with Crippen molar-refractivity contribution in [1.29, 1.82) is 0 Å². The molecular weight excluding hydrogens is 483 g/mol. The third-order valence-electron chi connectivity index (χ3n) is 7.00. The number of hydrogen-bond acceptors (Lipinski definition) is 7. The van der Waals surface area contributed by atoms with E-state index < -0.39 is 40.3 Å². The number of nitrogens with zero attached hydrogens (tertiary/aromatic N) is 4. The fraction of sp³-hybridized carbons (Fsp3) is 0.500. The van der Waals surface area contributed by atoms with Crippen LogP contribution in [0.25, 0.3) is 0 Å². The molecule has 2 atom stereocenters. The van der Waals surface area contributed by atoms with Gasteiger partial charge >= 0.3 is 11.8 Å². The van der Waals surface area contributed by atoms with E-state index in [0.29, 0.717) is 24.8 Å². The Labute approximate surface area is 213 Å². The molecule has 4 heterocycles. The Balaban J connectivity index is 1.78. The monoisotopic (exact) mass is 514 g/mol. The highest BCUT2D eigenvalue weighted by Crippen LogP contribution is 2.41. The summed E-state index contributed by atoms with van der Waals surface area (Å²) in [6, 6.07) is 5.70. The predicted molar refractivity (Wildman–Crippen MR) is 131 cm³/mol. The zero-order chi connectivity index (χ0) is 26.9. The largest absolute Gasteiger partial charge is 0.501 e. The molecule has 1 N–H and O–H groups in total. The summed E-state index contributed by atoms with van der Waals surface area (Å²) >= 11 is 0. The van der Waals surface area contributed by atoms with E-state index in [4.69, 9.17) is 4.74 Å². The molecule has 198 valence electrons. The van der Waals surface area contributed by atoms with Crippen molar-refractivity contribution in [2.45, 2.75) is 57.2 Å². The van der Waals surface area contributed by atoms with Crippen LogP contribution >= 0.6 is 0 Å². The molecule has 2 bridgehead atoms. The standard InChI is InChI=1S/C26H31FN4O6/c1-4-13-31(24(36)23(35)29(2)3)26-12-11-18(37-15-26)14-30-22(34)21(33)20(28-25(26)30)19(32)10-7-16-5-8-17(27)9-6-16/h5-6,8-9,18,33H,4,7,10-15H2,1-3H3. The molecule has 0 saturated carbocycles. The number of hydrogen-bond donors (Lipinski definition) is 1. The van der Waals surface area contributed by atoms with Crippen LogP contribution in [0.5, 0.6) is 5.75 Å². The number of likely N-dealkylation sites (N-methyl/N-ethyl adjacent to an activating group) is 1. The van der Waals surface area contributed by atoms with Crippen molar-refractivity contribution in [3.8, 4) is 5.75 Å². The summed E-state index contributed by atoms with van der Waals surface area (Å²) in [7, 11) is 2.96. The number of aromatic nitrogens is 2. The molecule has 5 rings (SSSR count). The number of benzene rings is 1. The smallest absolute Gasteiger partial charge is 0.312 e. The molecule has 0 radical (unpaired) electrons. The molecule has 1 fully saturated rings. The van der Waals surface area contributed by atoms with E-state index >= 15 is 0 Å². The Morgan fingerprint density at radius 2 is 1.92 bits per heavy atom. The molecule has 2 aromatic rings. The van der Waals surface area contributed by atoms with E-state index in [1.165, 1.54) is 40.6 Å². The van der Waals surface area contributed by atoms with Gasteiger partial charge < -0.3 is 19.6 Å². The first-order chi connectivity index (χ1) is 17.6. The summed E-state index contributed by atoms with van der Waals surface area (Å²) in [5.74, 6) is -3.06. The van der Waals surface area contributed by atoms with E-state index in [9.17, 15) is 28.7 Å². The molecule has 1 saturated heterocycles. The molecule has 0 aliphatic carbocycles. The second-order valence-electron chi connectivity index (χ2n) is 9.76. The average Bonchev–Trinajstić information content (AvgIpc) is 3.14. The van der Waals surface area contributed by atoms with Crippen LogP contribution < -0.4 is 5.56 Å². The van der Waals surface area contributed by atoms with E-state index in [0.717, 1.165) is 0 Å². The van der Waals surface area contributed by atoms with E-state index in [1.54, 1.807) is 12.1 Å². The number of aryl methyl sites for hydroxylation is 1. The minimum absolute atomic E-state index is 0.00450. The lowest BCUT2D eigenvalue weighted by Crippen LogP contribution is -2.58. The number of ketones is 1. The highest BCUT2D eigenvalue weighted by atomic mass is 19.1. The lowest BCUT2D eigenvalue weighted by molar-refractivity contribution is -0.161. The van der Waals surface area contributed by atoms with Crippen LogP contribution in [0.4, 0.5) is 4.39 Å². The van der Waals surface area contributed by atoms with Gasteiger partial charge in [0.15, 0.2) is 11.5 Å². The highest BCUT2D eigenvalue weighted by Gasteiger charge is 2.52. The van der Waals surface area contributed by atoms with E-state index in [1.807, 2.05) is 6.92 Å². The summed E-state index contributed by atoms with van der Waals surface area (Å²) in [6.07, 6.45) is 1.26. The summed E-state index contributed by atoms with van der Waals surface area (Å²) < 4.78 is 20.5. The Bertz CT molecular complexity index is 1270. The van der Waals surface area contributed by atoms with E-state index in [-0.39, 0.29) is 50.2 Å². The normalized spacial score (nSPS) is 20.2. The molecule has 3 aliphatic heterocycles. The van der Waals surface area contributed by atoms with Gasteiger partial charge in [-0.1, -0.05) is 19.1 Å². The number of Topliss-reactive ketones (excluding diaryl/α,β-unsaturated/α-hetero) is 1. The van der Waals surface area contributed by atoms with Crippen molar-refractivity contribution in [2.75, 3.05) is 27.2 Å². The van der Waals surface area contributed by atoms with Crippen LogP contribution in [0.1, 0.15) is 54.5 Å². The number of halogens is 1. The number of fused-ring (bicyclic) bond motifs is 2. The van der Waals surface area contributed by atoms with Crippen LogP contribution in [-0.4, -0.2) is 75.4 Å².